The topological polar surface area (TPSA) is 37.4 Å². The monoisotopic (exact) mass is 267 g/mol. The van der Waals surface area contributed by atoms with Crippen LogP contribution in [-0.4, -0.2) is 24.8 Å². The first-order valence-corrected chi connectivity index (χ1v) is 7.61. The van der Waals surface area contributed by atoms with Crippen molar-refractivity contribution in [1.29, 1.82) is 0 Å². The fourth-order valence-electron chi connectivity index (χ4n) is 1.98. The second-order valence-corrected chi connectivity index (χ2v) is 6.50. The highest BCUT2D eigenvalue weighted by Crippen LogP contribution is 2.15. The maximum atomic E-state index is 12.2. The van der Waals surface area contributed by atoms with E-state index >= 15 is 0 Å². The predicted octanol–water partition coefficient (Wildman–Crippen LogP) is 3.11. The first kappa shape index (κ1) is 14.9. The van der Waals surface area contributed by atoms with Crippen LogP contribution in [0.4, 0.5) is 0 Å². The van der Waals surface area contributed by atoms with Gasteiger partial charge in [-0.15, -0.1) is 0 Å². The Kier molecular flexibility index (Phi) is 5.11. The van der Waals surface area contributed by atoms with E-state index < -0.39 is 10.0 Å². The Morgan fingerprint density at radius 3 is 1.94 bits per heavy atom. The molecule has 0 aliphatic heterocycles. The first-order valence-electron chi connectivity index (χ1n) is 6.11. The SMILES string of the molecule is CC(C)N(C(C)C)S(=O)(=O)/C=C/c1ccccc1. The van der Waals surface area contributed by atoms with Crippen molar-refractivity contribution >= 4 is 16.1 Å². The Labute approximate surface area is 110 Å². The molecule has 3 nitrogen and oxygen atoms in total. The predicted molar refractivity (Wildman–Crippen MR) is 76.5 cm³/mol. The molecule has 0 aliphatic carbocycles. The van der Waals surface area contributed by atoms with Crippen LogP contribution in [0.15, 0.2) is 35.7 Å². The van der Waals surface area contributed by atoms with Gasteiger partial charge in [0.15, 0.2) is 0 Å². The molecule has 0 N–H and O–H groups in total. The van der Waals surface area contributed by atoms with Gasteiger partial charge in [0.2, 0.25) is 10.0 Å². The number of sulfonamides is 1. The molecular formula is C14H21NO2S. The molecule has 4 heteroatoms. The van der Waals surface area contributed by atoms with Crippen LogP contribution in [0, 0.1) is 0 Å². The molecule has 0 atom stereocenters. The van der Waals surface area contributed by atoms with Crippen molar-refractivity contribution < 1.29 is 8.42 Å². The summed E-state index contributed by atoms with van der Waals surface area (Å²) in [5.41, 5.74) is 0.883. The van der Waals surface area contributed by atoms with E-state index in [4.69, 9.17) is 0 Å². The quantitative estimate of drug-likeness (QED) is 0.822. The summed E-state index contributed by atoms with van der Waals surface area (Å²) in [6.07, 6.45) is 1.63. The molecule has 0 heterocycles. The molecule has 18 heavy (non-hydrogen) atoms. The van der Waals surface area contributed by atoms with Gasteiger partial charge in [0.25, 0.3) is 0 Å². The number of hydrogen-bond acceptors (Lipinski definition) is 2. The Balaban J connectivity index is 2.97. The largest absolute Gasteiger partial charge is 0.236 e. The standard InChI is InChI=1S/C14H21NO2S/c1-12(2)15(13(3)4)18(16,17)11-10-14-8-6-5-7-9-14/h5-13H,1-4H3/b11-10+. The van der Waals surface area contributed by atoms with Crippen molar-refractivity contribution in [2.75, 3.05) is 0 Å². The van der Waals surface area contributed by atoms with Crippen LogP contribution in [-0.2, 0) is 10.0 Å². The average Bonchev–Trinajstić information content (AvgIpc) is 2.26. The third-order valence-corrected chi connectivity index (χ3v) is 4.45. The second kappa shape index (κ2) is 6.16. The zero-order chi connectivity index (χ0) is 13.8. The first-order chi connectivity index (χ1) is 8.34. The fourth-order valence-corrected chi connectivity index (χ4v) is 3.63. The summed E-state index contributed by atoms with van der Waals surface area (Å²) in [7, 11) is -3.37. The van der Waals surface area contributed by atoms with Crippen molar-refractivity contribution in [2.45, 2.75) is 39.8 Å². The van der Waals surface area contributed by atoms with Gasteiger partial charge in [-0.1, -0.05) is 30.3 Å². The van der Waals surface area contributed by atoms with Gasteiger partial charge in [-0.2, -0.15) is 4.31 Å². The van der Waals surface area contributed by atoms with E-state index in [0.717, 1.165) is 5.56 Å². The van der Waals surface area contributed by atoms with E-state index in [1.54, 1.807) is 6.08 Å². The molecule has 0 aliphatic rings. The molecule has 1 aromatic carbocycles. The van der Waals surface area contributed by atoms with Crippen LogP contribution in [0.5, 0.6) is 0 Å². The smallest absolute Gasteiger partial charge is 0.207 e. The Bertz CT molecular complexity index is 482. The lowest BCUT2D eigenvalue weighted by molar-refractivity contribution is 0.306. The van der Waals surface area contributed by atoms with Gasteiger partial charge in [-0.05, 0) is 39.3 Å². The minimum Gasteiger partial charge on any atom is -0.207 e. The molecule has 0 bridgehead atoms. The lowest BCUT2D eigenvalue weighted by Crippen LogP contribution is -2.40. The van der Waals surface area contributed by atoms with E-state index in [1.807, 2.05) is 58.0 Å². The Hall–Kier alpha value is -1.13. The molecule has 0 saturated carbocycles. The highest BCUT2D eigenvalue weighted by atomic mass is 32.2. The van der Waals surface area contributed by atoms with Crippen LogP contribution in [0.1, 0.15) is 33.3 Å². The molecular weight excluding hydrogens is 246 g/mol. The molecule has 0 aromatic heterocycles. The fraction of sp³-hybridized carbons (Fsp3) is 0.429. The summed E-state index contributed by atoms with van der Waals surface area (Å²) in [4.78, 5) is 0. The molecule has 100 valence electrons. The molecule has 0 radical (unpaired) electrons. The highest BCUT2D eigenvalue weighted by Gasteiger charge is 2.24. The van der Waals surface area contributed by atoms with E-state index in [9.17, 15) is 8.42 Å². The summed E-state index contributed by atoms with van der Waals surface area (Å²) in [6.45, 7) is 7.53. The van der Waals surface area contributed by atoms with E-state index in [0.29, 0.717) is 0 Å². The molecule has 0 spiro atoms. The van der Waals surface area contributed by atoms with Crippen LogP contribution in [0.25, 0.3) is 6.08 Å². The molecule has 1 aromatic rings. The van der Waals surface area contributed by atoms with Crippen molar-refractivity contribution in [1.82, 2.24) is 4.31 Å². The van der Waals surface area contributed by atoms with Crippen LogP contribution < -0.4 is 0 Å². The lowest BCUT2D eigenvalue weighted by Gasteiger charge is -2.28. The van der Waals surface area contributed by atoms with Crippen LogP contribution >= 0.6 is 0 Å². The van der Waals surface area contributed by atoms with Gasteiger partial charge >= 0.3 is 0 Å². The van der Waals surface area contributed by atoms with Crippen molar-refractivity contribution in [3.05, 3.63) is 41.3 Å². The van der Waals surface area contributed by atoms with Gasteiger partial charge < -0.3 is 0 Å². The lowest BCUT2D eigenvalue weighted by atomic mass is 10.2. The Morgan fingerprint density at radius 2 is 1.50 bits per heavy atom. The number of nitrogens with zero attached hydrogens (tertiary/aromatic N) is 1. The summed E-state index contributed by atoms with van der Waals surface area (Å²) in [6, 6.07) is 9.33. The van der Waals surface area contributed by atoms with Crippen LogP contribution in [0.3, 0.4) is 0 Å². The van der Waals surface area contributed by atoms with Crippen LogP contribution in [0.2, 0.25) is 0 Å². The third kappa shape index (κ3) is 3.96. The normalized spacial score (nSPS) is 13.1. The van der Waals surface area contributed by atoms with Gasteiger partial charge in [0.1, 0.15) is 0 Å². The summed E-state index contributed by atoms with van der Waals surface area (Å²) < 4.78 is 26.0. The van der Waals surface area contributed by atoms with Gasteiger partial charge in [-0.3, -0.25) is 0 Å². The molecule has 0 fully saturated rings. The third-order valence-electron chi connectivity index (χ3n) is 2.54. The zero-order valence-corrected chi connectivity index (χ0v) is 12.2. The molecule has 1 rings (SSSR count). The number of rotatable bonds is 5. The molecule has 0 unspecified atom stereocenters. The van der Waals surface area contributed by atoms with Crippen molar-refractivity contribution in [3.63, 3.8) is 0 Å². The average molecular weight is 267 g/mol. The number of benzene rings is 1. The minimum absolute atomic E-state index is 0.0459. The highest BCUT2D eigenvalue weighted by molar-refractivity contribution is 7.92. The van der Waals surface area contributed by atoms with Crippen molar-refractivity contribution in [2.24, 2.45) is 0 Å². The summed E-state index contributed by atoms with van der Waals surface area (Å²) in [5.74, 6) is 0. The molecule has 0 amide bonds. The zero-order valence-electron chi connectivity index (χ0n) is 11.4. The van der Waals surface area contributed by atoms with Gasteiger partial charge in [-0.25, -0.2) is 8.42 Å². The summed E-state index contributed by atoms with van der Waals surface area (Å²) >= 11 is 0. The Morgan fingerprint density at radius 1 is 1.00 bits per heavy atom. The minimum atomic E-state index is -3.37. The summed E-state index contributed by atoms with van der Waals surface area (Å²) in [5, 5.41) is 1.28. The molecule has 0 saturated heterocycles. The van der Waals surface area contributed by atoms with E-state index in [-0.39, 0.29) is 12.1 Å². The van der Waals surface area contributed by atoms with Gasteiger partial charge in [0.05, 0.1) is 0 Å². The number of hydrogen-bond donors (Lipinski definition) is 0. The maximum Gasteiger partial charge on any atom is 0.236 e. The van der Waals surface area contributed by atoms with Crippen molar-refractivity contribution in [3.8, 4) is 0 Å². The second-order valence-electron chi connectivity index (χ2n) is 4.78. The van der Waals surface area contributed by atoms with E-state index in [2.05, 4.69) is 0 Å². The van der Waals surface area contributed by atoms with Gasteiger partial charge in [0, 0.05) is 17.5 Å². The maximum absolute atomic E-state index is 12.2. The van der Waals surface area contributed by atoms with E-state index in [1.165, 1.54) is 9.71 Å².